The van der Waals surface area contributed by atoms with E-state index >= 15 is 0 Å². The van der Waals surface area contributed by atoms with Crippen molar-refractivity contribution in [1.29, 1.82) is 0 Å². The van der Waals surface area contributed by atoms with E-state index in [9.17, 15) is 4.21 Å². The zero-order valence-corrected chi connectivity index (χ0v) is 13.2. The number of benzene rings is 1. The Bertz CT molecular complexity index is 637. The molecule has 0 amide bonds. The van der Waals surface area contributed by atoms with Crippen LogP contribution in [0.2, 0.25) is 10.0 Å². The SMILES string of the molecule is CC(Cn1nnnc1-c1cc(N)c(Cl)c(Cl)c1)S(C)=O. The van der Waals surface area contributed by atoms with Gasteiger partial charge < -0.3 is 5.73 Å². The van der Waals surface area contributed by atoms with Crippen LogP contribution in [0.5, 0.6) is 0 Å². The molecule has 9 heteroatoms. The summed E-state index contributed by atoms with van der Waals surface area (Å²) in [6.07, 6.45) is 1.64. The van der Waals surface area contributed by atoms with Crippen LogP contribution in [0.1, 0.15) is 6.92 Å². The van der Waals surface area contributed by atoms with Gasteiger partial charge in [0.15, 0.2) is 5.82 Å². The highest BCUT2D eigenvalue weighted by Gasteiger charge is 2.16. The maximum absolute atomic E-state index is 11.4. The van der Waals surface area contributed by atoms with E-state index < -0.39 is 10.8 Å². The Balaban J connectivity index is 2.40. The van der Waals surface area contributed by atoms with Crippen LogP contribution in [0.25, 0.3) is 11.4 Å². The summed E-state index contributed by atoms with van der Waals surface area (Å²) in [4.78, 5) is 0. The molecule has 0 aliphatic carbocycles. The minimum atomic E-state index is -0.960. The van der Waals surface area contributed by atoms with Crippen molar-refractivity contribution >= 4 is 39.7 Å². The number of anilines is 1. The minimum Gasteiger partial charge on any atom is -0.397 e. The molecule has 108 valence electrons. The molecule has 0 radical (unpaired) electrons. The fraction of sp³-hybridized carbons (Fsp3) is 0.364. The highest BCUT2D eigenvalue weighted by atomic mass is 35.5. The molecule has 1 aromatic carbocycles. The second-order valence-corrected chi connectivity index (χ2v) is 6.94. The third-order valence-electron chi connectivity index (χ3n) is 2.84. The first-order valence-electron chi connectivity index (χ1n) is 5.73. The van der Waals surface area contributed by atoms with Gasteiger partial charge in [0.1, 0.15) is 0 Å². The Morgan fingerprint density at radius 3 is 2.75 bits per heavy atom. The van der Waals surface area contributed by atoms with Crippen molar-refractivity contribution in [2.75, 3.05) is 12.0 Å². The second kappa shape index (κ2) is 6.07. The van der Waals surface area contributed by atoms with E-state index in [2.05, 4.69) is 15.5 Å². The van der Waals surface area contributed by atoms with Crippen molar-refractivity contribution in [3.05, 3.63) is 22.2 Å². The molecule has 0 aliphatic rings. The normalized spacial score (nSPS) is 14.2. The van der Waals surface area contributed by atoms with Crippen LogP contribution in [-0.4, -0.2) is 35.9 Å². The lowest BCUT2D eigenvalue weighted by molar-refractivity contribution is 0.579. The molecule has 2 rings (SSSR count). The van der Waals surface area contributed by atoms with E-state index in [1.807, 2.05) is 6.92 Å². The number of aromatic nitrogens is 4. The number of nitrogens with two attached hydrogens (primary N) is 1. The zero-order chi connectivity index (χ0) is 14.9. The van der Waals surface area contributed by atoms with Gasteiger partial charge in [-0.15, -0.1) is 5.10 Å². The maximum atomic E-state index is 11.4. The third-order valence-corrected chi connectivity index (χ3v) is 4.94. The predicted molar refractivity (Wildman–Crippen MR) is 81.2 cm³/mol. The zero-order valence-electron chi connectivity index (χ0n) is 10.9. The number of hydrogen-bond acceptors (Lipinski definition) is 5. The molecular weight excluding hydrogens is 321 g/mol. The molecular formula is C11H13Cl2N5OS. The summed E-state index contributed by atoms with van der Waals surface area (Å²) in [6, 6.07) is 3.31. The first kappa shape index (κ1) is 15.2. The molecule has 0 aliphatic heterocycles. The highest BCUT2D eigenvalue weighted by molar-refractivity contribution is 7.84. The maximum Gasteiger partial charge on any atom is 0.182 e. The molecule has 20 heavy (non-hydrogen) atoms. The quantitative estimate of drug-likeness (QED) is 0.864. The molecule has 0 saturated carbocycles. The summed E-state index contributed by atoms with van der Waals surface area (Å²) in [6.45, 7) is 2.30. The Morgan fingerprint density at radius 2 is 2.15 bits per heavy atom. The standard InChI is InChI=1S/C11H13Cl2N5OS/c1-6(20(2)19)5-18-11(15-16-17-18)7-3-8(12)10(13)9(14)4-7/h3-4,6H,5,14H2,1-2H3. The van der Waals surface area contributed by atoms with Crippen LogP contribution in [-0.2, 0) is 17.3 Å². The average molecular weight is 334 g/mol. The van der Waals surface area contributed by atoms with Crippen LogP contribution >= 0.6 is 23.2 Å². The van der Waals surface area contributed by atoms with Crippen molar-refractivity contribution in [2.45, 2.75) is 18.7 Å². The number of nitrogens with zero attached hydrogens (tertiary/aromatic N) is 4. The van der Waals surface area contributed by atoms with Crippen LogP contribution < -0.4 is 5.73 Å². The second-order valence-electron chi connectivity index (χ2n) is 4.36. The van der Waals surface area contributed by atoms with Crippen molar-refractivity contribution in [2.24, 2.45) is 0 Å². The summed E-state index contributed by atoms with van der Waals surface area (Å²) >= 11 is 11.9. The topological polar surface area (TPSA) is 86.7 Å². The van der Waals surface area contributed by atoms with Crippen molar-refractivity contribution in [3.63, 3.8) is 0 Å². The van der Waals surface area contributed by atoms with Gasteiger partial charge >= 0.3 is 0 Å². The van der Waals surface area contributed by atoms with Crippen LogP contribution in [0, 0.1) is 0 Å². The molecule has 1 aromatic heterocycles. The minimum absolute atomic E-state index is 0.0719. The van der Waals surface area contributed by atoms with Crippen molar-refractivity contribution in [3.8, 4) is 11.4 Å². The van der Waals surface area contributed by atoms with Gasteiger partial charge in [-0.25, -0.2) is 4.68 Å². The van der Waals surface area contributed by atoms with E-state index in [4.69, 9.17) is 28.9 Å². The first-order valence-corrected chi connectivity index (χ1v) is 8.11. The Kier molecular flexibility index (Phi) is 4.62. The molecule has 2 unspecified atom stereocenters. The highest BCUT2D eigenvalue weighted by Crippen LogP contribution is 2.32. The van der Waals surface area contributed by atoms with Gasteiger partial charge in [0.25, 0.3) is 0 Å². The monoisotopic (exact) mass is 333 g/mol. The van der Waals surface area contributed by atoms with E-state index in [0.29, 0.717) is 33.7 Å². The van der Waals surface area contributed by atoms with Gasteiger partial charge in [-0.2, -0.15) is 0 Å². The average Bonchev–Trinajstić information content (AvgIpc) is 2.83. The summed E-state index contributed by atoms with van der Waals surface area (Å²) in [7, 11) is -0.960. The molecule has 0 saturated heterocycles. The van der Waals surface area contributed by atoms with Gasteiger partial charge in [0.2, 0.25) is 0 Å². The summed E-state index contributed by atoms with van der Waals surface area (Å²) < 4.78 is 13.0. The lowest BCUT2D eigenvalue weighted by atomic mass is 10.2. The first-order chi connectivity index (χ1) is 9.40. The summed E-state index contributed by atoms with van der Waals surface area (Å²) in [5.74, 6) is 0.507. The van der Waals surface area contributed by atoms with Gasteiger partial charge in [-0.3, -0.25) is 4.21 Å². The lowest BCUT2D eigenvalue weighted by Crippen LogP contribution is -2.19. The molecule has 0 fully saturated rings. The predicted octanol–water partition coefficient (Wildman–Crippen LogP) is 2.00. The van der Waals surface area contributed by atoms with Gasteiger partial charge in [0, 0.05) is 22.6 Å². The van der Waals surface area contributed by atoms with Gasteiger partial charge in [-0.05, 0) is 29.5 Å². The summed E-state index contributed by atoms with van der Waals surface area (Å²) in [5, 5.41) is 12.1. The van der Waals surface area contributed by atoms with Crippen LogP contribution in [0.4, 0.5) is 5.69 Å². The van der Waals surface area contributed by atoms with E-state index in [1.165, 1.54) is 0 Å². The van der Waals surface area contributed by atoms with E-state index in [1.54, 1.807) is 23.1 Å². The Morgan fingerprint density at radius 1 is 1.45 bits per heavy atom. The van der Waals surface area contributed by atoms with E-state index in [0.717, 1.165) is 0 Å². The van der Waals surface area contributed by atoms with Crippen LogP contribution in [0.3, 0.4) is 0 Å². The fourth-order valence-corrected chi connectivity index (χ4v) is 2.31. The molecule has 2 N–H and O–H groups in total. The summed E-state index contributed by atoms with van der Waals surface area (Å²) in [5.41, 5.74) is 6.80. The van der Waals surface area contributed by atoms with E-state index in [-0.39, 0.29) is 5.25 Å². The van der Waals surface area contributed by atoms with Crippen LogP contribution in [0.15, 0.2) is 12.1 Å². The molecule has 2 atom stereocenters. The lowest BCUT2D eigenvalue weighted by Gasteiger charge is -2.10. The van der Waals surface area contributed by atoms with Crippen molar-refractivity contribution in [1.82, 2.24) is 20.2 Å². The third kappa shape index (κ3) is 3.11. The smallest absolute Gasteiger partial charge is 0.182 e. The molecule has 1 heterocycles. The van der Waals surface area contributed by atoms with Gasteiger partial charge in [-0.1, -0.05) is 23.2 Å². The Hall–Kier alpha value is -1.18. The molecule has 0 spiro atoms. The Labute approximate surface area is 128 Å². The molecule has 6 nitrogen and oxygen atoms in total. The van der Waals surface area contributed by atoms with Crippen molar-refractivity contribution < 1.29 is 4.21 Å². The fourth-order valence-electron chi connectivity index (χ4n) is 1.62. The van der Waals surface area contributed by atoms with Gasteiger partial charge in [0.05, 0.1) is 27.5 Å². The largest absolute Gasteiger partial charge is 0.397 e. The number of halogens is 2. The molecule has 2 aromatic rings. The number of rotatable bonds is 4. The number of hydrogen-bond donors (Lipinski definition) is 1. The number of tetrazole rings is 1. The molecule has 0 bridgehead atoms. The number of nitrogen functional groups attached to an aromatic ring is 1.